The summed E-state index contributed by atoms with van der Waals surface area (Å²) in [6.07, 6.45) is 7.67. The van der Waals surface area contributed by atoms with Crippen molar-refractivity contribution in [3.8, 4) is 0 Å². The topological polar surface area (TPSA) is 18.5 Å². The molecule has 0 aromatic rings. The van der Waals surface area contributed by atoms with Gasteiger partial charge in [-0.3, -0.25) is 0 Å². The zero-order chi connectivity index (χ0) is 13.2. The Hall–Kier alpha value is -0.0800. The smallest absolute Gasteiger partial charge is 0.0494 e. The largest absolute Gasteiger partial charge is 0.381 e. The molecule has 1 aliphatic carbocycles. The van der Waals surface area contributed by atoms with Gasteiger partial charge in [-0.15, -0.1) is 0 Å². The van der Waals surface area contributed by atoms with Gasteiger partial charge in [0.1, 0.15) is 0 Å². The van der Waals surface area contributed by atoms with Crippen molar-refractivity contribution in [2.24, 2.45) is 17.8 Å². The van der Waals surface area contributed by atoms with Crippen LogP contribution in [0.15, 0.2) is 0 Å². The van der Waals surface area contributed by atoms with Crippen molar-refractivity contribution in [3.63, 3.8) is 0 Å². The van der Waals surface area contributed by atoms with Crippen LogP contribution in [0.3, 0.4) is 0 Å². The standard InChI is InChI=1S/C16H32O2/c1-4-10-17-12-15-5-7-16(8-6-15)13-18-11-9-14(2)3/h14-16H,4-13H2,1-3H3. The molecule has 18 heavy (non-hydrogen) atoms. The molecule has 1 saturated carbocycles. The predicted octanol–water partition coefficient (Wildman–Crippen LogP) is 4.28. The second-order valence-electron chi connectivity index (χ2n) is 6.22. The summed E-state index contributed by atoms with van der Waals surface area (Å²) < 4.78 is 11.4. The Kier molecular flexibility index (Phi) is 8.70. The molecule has 1 rings (SSSR count). The first kappa shape index (κ1) is 16.0. The fourth-order valence-corrected chi connectivity index (χ4v) is 2.53. The van der Waals surface area contributed by atoms with Crippen molar-refractivity contribution in [1.82, 2.24) is 0 Å². The maximum absolute atomic E-state index is 5.79. The minimum Gasteiger partial charge on any atom is -0.381 e. The van der Waals surface area contributed by atoms with E-state index in [0.29, 0.717) is 0 Å². The zero-order valence-corrected chi connectivity index (χ0v) is 12.6. The van der Waals surface area contributed by atoms with E-state index < -0.39 is 0 Å². The molecule has 0 aromatic heterocycles. The summed E-state index contributed by atoms with van der Waals surface area (Å²) in [4.78, 5) is 0. The Labute approximate surface area is 113 Å². The SMILES string of the molecule is CCCOCC1CCC(COCCC(C)C)CC1. The van der Waals surface area contributed by atoms with E-state index in [1.54, 1.807) is 0 Å². The molecule has 0 aliphatic heterocycles. The van der Waals surface area contributed by atoms with Gasteiger partial charge in [-0.1, -0.05) is 20.8 Å². The molecule has 0 unspecified atom stereocenters. The summed E-state index contributed by atoms with van der Waals surface area (Å²) >= 11 is 0. The van der Waals surface area contributed by atoms with Gasteiger partial charge in [-0.25, -0.2) is 0 Å². The maximum atomic E-state index is 5.79. The number of rotatable bonds is 9. The van der Waals surface area contributed by atoms with Crippen LogP contribution in [0.4, 0.5) is 0 Å². The summed E-state index contributed by atoms with van der Waals surface area (Å²) in [5, 5.41) is 0. The Morgan fingerprint density at radius 3 is 1.83 bits per heavy atom. The quantitative estimate of drug-likeness (QED) is 0.573. The van der Waals surface area contributed by atoms with Crippen molar-refractivity contribution in [2.75, 3.05) is 26.4 Å². The molecule has 2 heteroatoms. The number of hydrogen-bond donors (Lipinski definition) is 0. The van der Waals surface area contributed by atoms with Gasteiger partial charge >= 0.3 is 0 Å². The highest BCUT2D eigenvalue weighted by Gasteiger charge is 2.21. The fraction of sp³-hybridized carbons (Fsp3) is 1.00. The van der Waals surface area contributed by atoms with Gasteiger partial charge in [0.25, 0.3) is 0 Å². The molecule has 108 valence electrons. The van der Waals surface area contributed by atoms with Crippen LogP contribution in [0.25, 0.3) is 0 Å². The summed E-state index contributed by atoms with van der Waals surface area (Å²) in [7, 11) is 0. The Balaban J connectivity index is 1.98. The Morgan fingerprint density at radius 2 is 1.39 bits per heavy atom. The summed E-state index contributed by atoms with van der Waals surface area (Å²) in [5.74, 6) is 2.37. The van der Waals surface area contributed by atoms with Gasteiger partial charge in [-0.2, -0.15) is 0 Å². The zero-order valence-electron chi connectivity index (χ0n) is 12.6. The van der Waals surface area contributed by atoms with Crippen LogP contribution in [0.1, 0.15) is 59.3 Å². The third-order valence-corrected chi connectivity index (χ3v) is 3.86. The van der Waals surface area contributed by atoms with Crippen LogP contribution in [0.2, 0.25) is 0 Å². The highest BCUT2D eigenvalue weighted by Crippen LogP contribution is 2.29. The van der Waals surface area contributed by atoms with Crippen LogP contribution < -0.4 is 0 Å². The molecule has 0 atom stereocenters. The van der Waals surface area contributed by atoms with Gasteiger partial charge < -0.3 is 9.47 Å². The molecule has 0 radical (unpaired) electrons. The Morgan fingerprint density at radius 1 is 0.889 bits per heavy atom. The van der Waals surface area contributed by atoms with Gasteiger partial charge in [-0.05, 0) is 56.3 Å². The number of ether oxygens (including phenoxy) is 2. The first-order valence-corrected chi connectivity index (χ1v) is 7.87. The molecular weight excluding hydrogens is 224 g/mol. The van der Waals surface area contributed by atoms with Crippen molar-refractivity contribution in [1.29, 1.82) is 0 Å². The molecule has 0 saturated heterocycles. The molecule has 2 nitrogen and oxygen atoms in total. The van der Waals surface area contributed by atoms with Crippen molar-refractivity contribution in [3.05, 3.63) is 0 Å². The van der Waals surface area contributed by atoms with E-state index >= 15 is 0 Å². The molecule has 0 spiro atoms. The summed E-state index contributed by atoms with van der Waals surface area (Å²) in [6.45, 7) is 10.5. The predicted molar refractivity (Wildman–Crippen MR) is 76.8 cm³/mol. The first-order valence-electron chi connectivity index (χ1n) is 7.87. The van der Waals surface area contributed by atoms with E-state index in [1.165, 1.54) is 32.1 Å². The summed E-state index contributed by atoms with van der Waals surface area (Å²) in [6, 6.07) is 0. The molecule has 1 aliphatic rings. The number of hydrogen-bond acceptors (Lipinski definition) is 2. The monoisotopic (exact) mass is 256 g/mol. The lowest BCUT2D eigenvalue weighted by molar-refractivity contribution is 0.0472. The minimum atomic E-state index is 0.761. The van der Waals surface area contributed by atoms with E-state index in [-0.39, 0.29) is 0 Å². The minimum absolute atomic E-state index is 0.761. The lowest BCUT2D eigenvalue weighted by atomic mass is 9.83. The lowest BCUT2D eigenvalue weighted by Crippen LogP contribution is -2.22. The van der Waals surface area contributed by atoms with E-state index in [1.807, 2.05) is 0 Å². The van der Waals surface area contributed by atoms with Crippen molar-refractivity contribution < 1.29 is 9.47 Å². The van der Waals surface area contributed by atoms with Crippen LogP contribution >= 0.6 is 0 Å². The van der Waals surface area contributed by atoms with E-state index in [0.717, 1.165) is 50.6 Å². The van der Waals surface area contributed by atoms with Gasteiger partial charge in [0, 0.05) is 26.4 Å². The van der Waals surface area contributed by atoms with Crippen LogP contribution in [-0.4, -0.2) is 26.4 Å². The fourth-order valence-electron chi connectivity index (χ4n) is 2.53. The molecule has 0 aromatic carbocycles. The molecule has 0 heterocycles. The third kappa shape index (κ3) is 7.38. The van der Waals surface area contributed by atoms with E-state index in [2.05, 4.69) is 20.8 Å². The highest BCUT2D eigenvalue weighted by molar-refractivity contribution is 4.72. The highest BCUT2D eigenvalue weighted by atomic mass is 16.5. The first-order chi connectivity index (χ1) is 8.72. The molecule has 0 N–H and O–H groups in total. The Bertz CT molecular complexity index is 184. The molecule has 0 bridgehead atoms. The van der Waals surface area contributed by atoms with Crippen molar-refractivity contribution in [2.45, 2.75) is 59.3 Å². The maximum Gasteiger partial charge on any atom is 0.0494 e. The lowest BCUT2D eigenvalue weighted by Gasteiger charge is -2.28. The van der Waals surface area contributed by atoms with Gasteiger partial charge in [0.05, 0.1) is 0 Å². The average Bonchev–Trinajstić information content (AvgIpc) is 2.36. The molecular formula is C16H32O2. The van der Waals surface area contributed by atoms with E-state index in [4.69, 9.17) is 9.47 Å². The van der Waals surface area contributed by atoms with E-state index in [9.17, 15) is 0 Å². The van der Waals surface area contributed by atoms with Gasteiger partial charge in [0.2, 0.25) is 0 Å². The second-order valence-corrected chi connectivity index (χ2v) is 6.22. The van der Waals surface area contributed by atoms with Crippen molar-refractivity contribution >= 4 is 0 Å². The third-order valence-electron chi connectivity index (χ3n) is 3.86. The van der Waals surface area contributed by atoms with Crippen LogP contribution in [-0.2, 0) is 9.47 Å². The second kappa shape index (κ2) is 9.80. The molecule has 0 amide bonds. The van der Waals surface area contributed by atoms with Gasteiger partial charge in [0.15, 0.2) is 0 Å². The summed E-state index contributed by atoms with van der Waals surface area (Å²) in [5.41, 5.74) is 0. The molecule has 1 fully saturated rings. The van der Waals surface area contributed by atoms with Crippen LogP contribution in [0.5, 0.6) is 0 Å². The van der Waals surface area contributed by atoms with Crippen LogP contribution in [0, 0.1) is 17.8 Å². The average molecular weight is 256 g/mol. The normalized spacial score (nSPS) is 24.7.